The van der Waals surface area contributed by atoms with Crippen LogP contribution in [0.2, 0.25) is 0 Å². The Labute approximate surface area is 155 Å². The van der Waals surface area contributed by atoms with E-state index in [9.17, 15) is 4.79 Å². The zero-order valence-corrected chi connectivity index (χ0v) is 15.3. The molecular formula is C19H21N7O. The largest absolute Gasteiger partial charge is 0.382 e. The third-order valence-corrected chi connectivity index (χ3v) is 4.48. The van der Waals surface area contributed by atoms with Crippen molar-refractivity contribution in [1.82, 2.24) is 29.3 Å². The third kappa shape index (κ3) is 3.21. The van der Waals surface area contributed by atoms with Gasteiger partial charge in [-0.05, 0) is 24.5 Å². The van der Waals surface area contributed by atoms with Gasteiger partial charge in [0.2, 0.25) is 0 Å². The van der Waals surface area contributed by atoms with E-state index in [1.54, 1.807) is 11.5 Å². The van der Waals surface area contributed by atoms with Crippen molar-refractivity contribution in [2.45, 2.75) is 33.4 Å². The predicted molar refractivity (Wildman–Crippen MR) is 104 cm³/mol. The molecule has 0 unspecified atom stereocenters. The molecule has 3 aromatic heterocycles. The zero-order valence-electron chi connectivity index (χ0n) is 15.3. The molecule has 27 heavy (non-hydrogen) atoms. The van der Waals surface area contributed by atoms with Gasteiger partial charge < -0.3 is 10.7 Å². The number of aromatic amines is 1. The van der Waals surface area contributed by atoms with Gasteiger partial charge in [0, 0.05) is 18.3 Å². The van der Waals surface area contributed by atoms with Crippen LogP contribution in [0.5, 0.6) is 0 Å². The molecular weight excluding hydrogens is 342 g/mol. The van der Waals surface area contributed by atoms with Crippen molar-refractivity contribution in [2.24, 2.45) is 0 Å². The van der Waals surface area contributed by atoms with Crippen molar-refractivity contribution >= 4 is 17.0 Å². The van der Waals surface area contributed by atoms with E-state index >= 15 is 0 Å². The van der Waals surface area contributed by atoms with Crippen LogP contribution in [-0.2, 0) is 13.1 Å². The van der Waals surface area contributed by atoms with Crippen LogP contribution in [0.1, 0.15) is 24.7 Å². The highest BCUT2D eigenvalue weighted by Gasteiger charge is 2.13. The van der Waals surface area contributed by atoms with E-state index < -0.39 is 0 Å². The van der Waals surface area contributed by atoms with Gasteiger partial charge in [0.1, 0.15) is 11.3 Å². The molecule has 0 bridgehead atoms. The normalized spacial score (nSPS) is 11.3. The van der Waals surface area contributed by atoms with E-state index in [-0.39, 0.29) is 11.5 Å². The van der Waals surface area contributed by atoms with E-state index in [2.05, 4.69) is 27.0 Å². The predicted octanol–water partition coefficient (Wildman–Crippen LogP) is 2.33. The third-order valence-electron chi connectivity index (χ3n) is 4.48. The summed E-state index contributed by atoms with van der Waals surface area (Å²) in [6.07, 6.45) is 4.97. The number of anilines is 1. The van der Waals surface area contributed by atoms with E-state index in [1.807, 2.05) is 41.3 Å². The molecule has 138 valence electrons. The van der Waals surface area contributed by atoms with Gasteiger partial charge in [0.05, 0.1) is 12.7 Å². The molecule has 0 radical (unpaired) electrons. The number of aromatic nitrogens is 6. The molecule has 3 N–H and O–H groups in total. The highest BCUT2D eigenvalue weighted by atomic mass is 16.1. The number of hydrogen-bond donors (Lipinski definition) is 2. The van der Waals surface area contributed by atoms with E-state index in [4.69, 9.17) is 5.73 Å². The van der Waals surface area contributed by atoms with Gasteiger partial charge in [0.25, 0.3) is 0 Å². The van der Waals surface area contributed by atoms with E-state index in [1.165, 1.54) is 0 Å². The van der Waals surface area contributed by atoms with Crippen LogP contribution in [0.15, 0.2) is 41.5 Å². The molecule has 8 heteroatoms. The molecule has 0 spiro atoms. The van der Waals surface area contributed by atoms with E-state index in [0.717, 1.165) is 29.7 Å². The first-order valence-electron chi connectivity index (χ1n) is 8.89. The molecule has 1 aromatic carbocycles. The molecule has 0 aliphatic rings. The second kappa shape index (κ2) is 6.71. The quantitative estimate of drug-likeness (QED) is 0.566. The maximum Gasteiger partial charge on any atom is 0.328 e. The Hall–Kier alpha value is -3.42. The van der Waals surface area contributed by atoms with Crippen LogP contribution in [0.4, 0.5) is 5.82 Å². The SMILES string of the molecule is CCCn1cc(-c2ccc(Cn3c(=O)[nH]c4c(N)nc(C)nc43)cc2)cn1. The number of hydrogen-bond acceptors (Lipinski definition) is 5. The van der Waals surface area contributed by atoms with Gasteiger partial charge in [-0.1, -0.05) is 31.2 Å². The number of nitrogen functional groups attached to an aromatic ring is 1. The van der Waals surface area contributed by atoms with Crippen molar-refractivity contribution in [3.05, 3.63) is 58.5 Å². The average molecular weight is 363 g/mol. The first-order valence-corrected chi connectivity index (χ1v) is 8.89. The van der Waals surface area contributed by atoms with Crippen molar-refractivity contribution in [2.75, 3.05) is 5.73 Å². The Kier molecular flexibility index (Phi) is 4.23. The van der Waals surface area contributed by atoms with Crippen LogP contribution in [0.25, 0.3) is 22.3 Å². The second-order valence-corrected chi connectivity index (χ2v) is 6.56. The van der Waals surface area contributed by atoms with Gasteiger partial charge in [0.15, 0.2) is 11.5 Å². The molecule has 0 amide bonds. The zero-order chi connectivity index (χ0) is 19.0. The molecule has 4 rings (SSSR count). The van der Waals surface area contributed by atoms with Crippen molar-refractivity contribution in [3.8, 4) is 11.1 Å². The Morgan fingerprint density at radius 2 is 1.93 bits per heavy atom. The summed E-state index contributed by atoms with van der Waals surface area (Å²) >= 11 is 0. The van der Waals surface area contributed by atoms with Crippen LogP contribution < -0.4 is 11.4 Å². The molecule has 0 aliphatic heterocycles. The van der Waals surface area contributed by atoms with Crippen LogP contribution in [-0.4, -0.2) is 29.3 Å². The van der Waals surface area contributed by atoms with Gasteiger partial charge in [-0.15, -0.1) is 0 Å². The first kappa shape index (κ1) is 17.0. The summed E-state index contributed by atoms with van der Waals surface area (Å²) in [5.74, 6) is 0.819. The monoisotopic (exact) mass is 363 g/mol. The van der Waals surface area contributed by atoms with Crippen molar-refractivity contribution < 1.29 is 0 Å². The number of rotatable bonds is 5. The number of nitrogens with one attached hydrogen (secondary N) is 1. The summed E-state index contributed by atoms with van der Waals surface area (Å²) in [6, 6.07) is 8.10. The smallest absolute Gasteiger partial charge is 0.328 e. The fraction of sp³-hybridized carbons (Fsp3) is 0.263. The molecule has 0 fully saturated rings. The van der Waals surface area contributed by atoms with Gasteiger partial charge in [-0.3, -0.25) is 9.25 Å². The summed E-state index contributed by atoms with van der Waals surface area (Å²) in [4.78, 5) is 23.5. The summed E-state index contributed by atoms with van der Waals surface area (Å²) in [5.41, 5.74) is 9.82. The lowest BCUT2D eigenvalue weighted by Crippen LogP contribution is -2.17. The lowest BCUT2D eigenvalue weighted by atomic mass is 10.1. The minimum Gasteiger partial charge on any atom is -0.382 e. The number of aryl methyl sites for hydroxylation is 2. The topological polar surface area (TPSA) is 107 Å². The minimum absolute atomic E-state index is 0.249. The molecule has 4 aromatic rings. The van der Waals surface area contributed by atoms with Crippen molar-refractivity contribution in [3.63, 3.8) is 0 Å². The first-order chi connectivity index (χ1) is 13.0. The molecule has 3 heterocycles. The lowest BCUT2D eigenvalue weighted by Gasteiger charge is -2.05. The maximum atomic E-state index is 12.3. The number of nitrogens with zero attached hydrogens (tertiary/aromatic N) is 5. The number of H-pyrrole nitrogens is 1. The maximum absolute atomic E-state index is 12.3. The Bertz CT molecular complexity index is 1150. The Morgan fingerprint density at radius 1 is 1.15 bits per heavy atom. The molecule has 0 saturated heterocycles. The minimum atomic E-state index is -0.249. The Balaban J connectivity index is 1.63. The summed E-state index contributed by atoms with van der Waals surface area (Å²) in [6.45, 7) is 5.20. The standard InChI is InChI=1S/C19H21N7O/c1-3-8-25-11-15(9-21-25)14-6-4-13(5-7-14)10-26-18-16(24-19(26)27)17(20)22-12(2)23-18/h4-7,9,11H,3,8,10H2,1-2H3,(H,24,27)(H2,20,22,23). The van der Waals surface area contributed by atoms with Gasteiger partial charge >= 0.3 is 5.69 Å². The van der Waals surface area contributed by atoms with Gasteiger partial charge in [-0.2, -0.15) is 5.10 Å². The van der Waals surface area contributed by atoms with Crippen molar-refractivity contribution in [1.29, 1.82) is 0 Å². The molecule has 0 aliphatic carbocycles. The van der Waals surface area contributed by atoms with Crippen LogP contribution in [0.3, 0.4) is 0 Å². The number of fused-ring (bicyclic) bond motifs is 1. The number of nitrogens with two attached hydrogens (primary N) is 1. The molecule has 8 nitrogen and oxygen atoms in total. The second-order valence-electron chi connectivity index (χ2n) is 6.56. The fourth-order valence-electron chi connectivity index (χ4n) is 3.16. The Morgan fingerprint density at radius 3 is 2.67 bits per heavy atom. The van der Waals surface area contributed by atoms with E-state index in [0.29, 0.717) is 23.5 Å². The van der Waals surface area contributed by atoms with Crippen LogP contribution >= 0.6 is 0 Å². The summed E-state index contributed by atoms with van der Waals surface area (Å²) in [5, 5.41) is 4.37. The lowest BCUT2D eigenvalue weighted by molar-refractivity contribution is 0.603. The summed E-state index contributed by atoms with van der Waals surface area (Å²) < 4.78 is 3.52. The molecule has 0 atom stereocenters. The highest BCUT2D eigenvalue weighted by Crippen LogP contribution is 2.20. The number of imidazole rings is 1. The highest BCUT2D eigenvalue weighted by molar-refractivity contribution is 5.81. The average Bonchev–Trinajstić information content (AvgIpc) is 3.22. The van der Waals surface area contributed by atoms with Gasteiger partial charge in [-0.25, -0.2) is 14.8 Å². The molecule has 0 saturated carbocycles. The number of benzene rings is 1. The summed E-state index contributed by atoms with van der Waals surface area (Å²) in [7, 11) is 0. The fourth-order valence-corrected chi connectivity index (χ4v) is 3.16. The van der Waals surface area contributed by atoms with Crippen LogP contribution in [0, 0.1) is 6.92 Å².